The molecule has 0 radical (unpaired) electrons. The van der Waals surface area contributed by atoms with Crippen LogP contribution in [0.5, 0.6) is 5.75 Å². The Morgan fingerprint density at radius 1 is 1.19 bits per heavy atom. The van der Waals surface area contributed by atoms with E-state index in [-0.39, 0.29) is 24.9 Å². The van der Waals surface area contributed by atoms with Gasteiger partial charge in [-0.3, -0.25) is 4.79 Å². The Kier molecular flexibility index (Phi) is 6.66. The Bertz CT molecular complexity index is 1090. The van der Waals surface area contributed by atoms with Gasteiger partial charge in [0.1, 0.15) is 6.33 Å². The molecule has 3 heterocycles. The summed E-state index contributed by atoms with van der Waals surface area (Å²) in [6, 6.07) is 9.84. The van der Waals surface area contributed by atoms with Crippen molar-refractivity contribution >= 4 is 40.2 Å². The molecule has 1 fully saturated rings. The van der Waals surface area contributed by atoms with Crippen molar-refractivity contribution in [2.45, 2.75) is 37.7 Å². The van der Waals surface area contributed by atoms with Gasteiger partial charge in [0.05, 0.1) is 0 Å². The molecule has 10 nitrogen and oxygen atoms in total. The van der Waals surface area contributed by atoms with E-state index in [9.17, 15) is 13.2 Å². The molecule has 0 unspecified atom stereocenters. The lowest BCUT2D eigenvalue weighted by Crippen LogP contribution is -2.51. The maximum atomic E-state index is 12.2. The summed E-state index contributed by atoms with van der Waals surface area (Å²) in [4.78, 5) is 22.8. The molecule has 1 saturated heterocycles. The number of nitrogens with one attached hydrogen (secondary N) is 2. The molecule has 12 heteroatoms. The van der Waals surface area contributed by atoms with Crippen molar-refractivity contribution < 1.29 is 17.9 Å². The number of piperidine rings is 1. The van der Waals surface area contributed by atoms with E-state index in [1.54, 1.807) is 13.8 Å². The van der Waals surface area contributed by atoms with Crippen LogP contribution < -0.4 is 24.8 Å². The number of benzene rings is 1. The van der Waals surface area contributed by atoms with Crippen LogP contribution in [0.25, 0.3) is 0 Å². The van der Waals surface area contributed by atoms with Crippen LogP contribution in [0, 0.1) is 0 Å². The average Bonchev–Trinajstić information content (AvgIpc) is 2.73. The van der Waals surface area contributed by atoms with Crippen LogP contribution in [0.4, 0.5) is 11.6 Å². The largest absolute Gasteiger partial charge is 0.470 e. The zero-order chi connectivity index (χ0) is 22.3. The second kappa shape index (κ2) is 8.81. The number of halogens is 1. The molecule has 4 rings (SSSR count). The third kappa shape index (κ3) is 4.80. The van der Waals surface area contributed by atoms with E-state index in [2.05, 4.69) is 24.9 Å². The highest BCUT2D eigenvalue weighted by Crippen LogP contribution is 2.42. The summed E-state index contributed by atoms with van der Waals surface area (Å²) < 4.78 is 31.6. The number of nitrogens with two attached hydrogens (primary N) is 1. The smallest absolute Gasteiger partial charge is 0.274 e. The molecule has 0 saturated carbocycles. The summed E-state index contributed by atoms with van der Waals surface area (Å²) in [5, 5.41) is 7.98. The fraction of sp³-hybridized carbons (Fsp3) is 0.450. The monoisotopic (exact) mass is 482 g/mol. The number of hydrogen-bond donors (Lipinski definition) is 3. The zero-order valence-electron chi connectivity index (χ0n) is 17.9. The molecule has 1 aromatic carbocycles. The van der Waals surface area contributed by atoms with E-state index in [1.165, 1.54) is 6.33 Å². The summed E-state index contributed by atoms with van der Waals surface area (Å²) in [6.07, 6.45) is 2.75. The fourth-order valence-electron chi connectivity index (χ4n) is 4.08. The average molecular weight is 483 g/mol. The van der Waals surface area contributed by atoms with Crippen molar-refractivity contribution in [1.29, 1.82) is 0 Å². The van der Waals surface area contributed by atoms with Crippen LogP contribution >= 0.6 is 12.4 Å². The lowest BCUT2D eigenvalue weighted by Gasteiger charge is -2.43. The maximum Gasteiger partial charge on any atom is 0.274 e. The molecule has 32 heavy (non-hydrogen) atoms. The number of hydrogen-bond acceptors (Lipinski definition) is 7. The normalized spacial score (nSPS) is 19.2. The minimum Gasteiger partial charge on any atom is -0.470 e. The second-order valence-electron chi connectivity index (χ2n) is 8.44. The van der Waals surface area contributed by atoms with Gasteiger partial charge in [-0.25, -0.2) is 19.8 Å². The quantitative estimate of drug-likeness (QED) is 0.584. The summed E-state index contributed by atoms with van der Waals surface area (Å²) >= 11 is 0. The van der Waals surface area contributed by atoms with Gasteiger partial charge in [0.15, 0.2) is 17.2 Å². The van der Waals surface area contributed by atoms with Gasteiger partial charge in [0, 0.05) is 25.0 Å². The molecule has 2 aliphatic heterocycles. The second-order valence-corrected chi connectivity index (χ2v) is 9.82. The molecule has 0 spiro atoms. The van der Waals surface area contributed by atoms with Crippen molar-refractivity contribution in [2.24, 2.45) is 5.14 Å². The number of anilines is 2. The number of carbonyl (C=O) groups excluding carboxylic acids is 1. The highest BCUT2D eigenvalue weighted by molar-refractivity contribution is 7.87. The number of rotatable bonds is 5. The van der Waals surface area contributed by atoms with Gasteiger partial charge in [0.25, 0.3) is 16.1 Å². The number of amides is 1. The molecular weight excluding hydrogens is 456 g/mol. The molecular formula is C20H27ClN6O4S. The van der Waals surface area contributed by atoms with E-state index >= 15 is 0 Å². The minimum absolute atomic E-state index is 0. The predicted molar refractivity (Wildman–Crippen MR) is 123 cm³/mol. The Labute approximate surface area is 193 Å². The maximum absolute atomic E-state index is 12.2. The lowest BCUT2D eigenvalue weighted by molar-refractivity contribution is -0.129. The first-order valence-corrected chi connectivity index (χ1v) is 11.6. The third-order valence-electron chi connectivity index (χ3n) is 5.94. The molecule has 0 atom stereocenters. The van der Waals surface area contributed by atoms with Gasteiger partial charge in [-0.1, -0.05) is 30.3 Å². The molecule has 174 valence electrons. The molecule has 2 aliphatic rings. The van der Waals surface area contributed by atoms with Gasteiger partial charge >= 0.3 is 0 Å². The number of aromatic nitrogens is 2. The minimum atomic E-state index is -3.81. The van der Waals surface area contributed by atoms with Crippen LogP contribution in [0.1, 0.15) is 32.3 Å². The van der Waals surface area contributed by atoms with Crippen LogP contribution in [-0.4, -0.2) is 49.5 Å². The summed E-state index contributed by atoms with van der Waals surface area (Å²) in [6.45, 7) is 4.82. The standard InChI is InChI=1S/C20H26N6O4S.ClH/c1-19(2)18(27)25-16-15(30-19)17(23-13-22-16)26-10-8-20(9-11-26,12-24-31(21,28)29)14-6-4-3-5-7-14;/h3-7,13,24H,8-12H2,1-2H3,(H2,21,28,29)(H,22,23,25,27);1H. The summed E-state index contributed by atoms with van der Waals surface area (Å²) in [7, 11) is -3.81. The van der Waals surface area contributed by atoms with Gasteiger partial charge in [0.2, 0.25) is 5.75 Å². The van der Waals surface area contributed by atoms with Crippen molar-refractivity contribution in [2.75, 3.05) is 29.9 Å². The van der Waals surface area contributed by atoms with Gasteiger partial charge < -0.3 is 15.0 Å². The van der Waals surface area contributed by atoms with E-state index in [4.69, 9.17) is 9.88 Å². The van der Waals surface area contributed by atoms with E-state index in [0.717, 1.165) is 5.56 Å². The van der Waals surface area contributed by atoms with Crippen LogP contribution in [-0.2, 0) is 20.4 Å². The molecule has 1 amide bonds. The van der Waals surface area contributed by atoms with E-state index in [1.807, 2.05) is 30.3 Å². The first kappa shape index (κ1) is 24.2. The van der Waals surface area contributed by atoms with Crippen molar-refractivity contribution in [3.63, 3.8) is 0 Å². The number of nitrogens with zero attached hydrogens (tertiary/aromatic N) is 3. The predicted octanol–water partition coefficient (Wildman–Crippen LogP) is 1.34. The molecule has 2 aromatic rings. The molecule has 1 aromatic heterocycles. The van der Waals surface area contributed by atoms with Crippen LogP contribution in [0.3, 0.4) is 0 Å². The fourth-order valence-corrected chi connectivity index (χ4v) is 4.55. The summed E-state index contributed by atoms with van der Waals surface area (Å²) in [5.41, 5.74) is -0.374. The van der Waals surface area contributed by atoms with E-state index < -0.39 is 21.2 Å². The van der Waals surface area contributed by atoms with Crippen molar-refractivity contribution in [3.05, 3.63) is 42.2 Å². The van der Waals surface area contributed by atoms with Gasteiger partial charge in [-0.2, -0.15) is 8.42 Å². The Morgan fingerprint density at radius 2 is 1.84 bits per heavy atom. The zero-order valence-corrected chi connectivity index (χ0v) is 19.5. The first-order valence-electron chi connectivity index (χ1n) is 10.0. The van der Waals surface area contributed by atoms with Gasteiger partial charge in [-0.05, 0) is 32.3 Å². The highest BCUT2D eigenvalue weighted by Gasteiger charge is 2.41. The van der Waals surface area contributed by atoms with Gasteiger partial charge in [-0.15, -0.1) is 12.4 Å². The SMILES string of the molecule is CC1(C)Oc2c(ncnc2N2CCC(CNS(N)(=O)=O)(c3ccccc3)CC2)NC1=O.Cl. The molecule has 0 bridgehead atoms. The summed E-state index contributed by atoms with van der Waals surface area (Å²) in [5.74, 6) is 1.15. The van der Waals surface area contributed by atoms with E-state index in [0.29, 0.717) is 43.3 Å². The topological polar surface area (TPSA) is 140 Å². The number of carbonyl (C=O) groups is 1. The van der Waals surface area contributed by atoms with Crippen molar-refractivity contribution in [3.8, 4) is 5.75 Å². The molecule has 4 N–H and O–H groups in total. The Hall–Kier alpha value is -2.47. The third-order valence-corrected chi connectivity index (χ3v) is 6.49. The lowest BCUT2D eigenvalue weighted by atomic mass is 9.73. The van der Waals surface area contributed by atoms with Crippen LogP contribution in [0.2, 0.25) is 0 Å². The Balaban J connectivity index is 0.00000289. The van der Waals surface area contributed by atoms with Crippen LogP contribution in [0.15, 0.2) is 36.7 Å². The van der Waals surface area contributed by atoms with Crippen molar-refractivity contribution in [1.82, 2.24) is 14.7 Å². The Morgan fingerprint density at radius 3 is 2.47 bits per heavy atom. The number of fused-ring (bicyclic) bond motifs is 1. The first-order chi connectivity index (χ1) is 14.6. The highest BCUT2D eigenvalue weighted by atomic mass is 35.5. The number of ether oxygens (including phenoxy) is 1. The molecule has 0 aliphatic carbocycles.